The molecule has 0 fully saturated rings. The smallest absolute Gasteiger partial charge is 0.259 e. The number of fused-ring (bicyclic) bond motifs is 6. The maximum absolute atomic E-state index is 4.69. The summed E-state index contributed by atoms with van der Waals surface area (Å²) >= 11 is 2.05. The first kappa shape index (κ1) is 61.1. The number of allylic oxidation sites excluding steroid dienone is 14. The van der Waals surface area contributed by atoms with Crippen molar-refractivity contribution in [3.8, 4) is 0 Å². The summed E-state index contributed by atoms with van der Waals surface area (Å²) < 4.78 is 2.84. The van der Waals surface area contributed by atoms with Crippen LogP contribution in [-0.4, -0.2) is 18.2 Å². The van der Waals surface area contributed by atoms with E-state index in [0.717, 1.165) is 43.5 Å². The molecule has 0 radical (unpaired) electrons. The maximum atomic E-state index is 4.69. The standard InChI is InChI=1S/C70H107BN2S/c1-26-29-35-66(16,17)37-31-33-58-52(12)73(60(51(11)49(8)9)43-53(41-48(6)7)68(20,21)28-3)61(42-50(10)65(13,14)15)59-46-72(54(27-2)32-30-36-67(18,19)38-34-47(4)5)63-55-44-56-57(45-62(55)74-64(63)71(58)59)70(24,25)40-39-69(56,22)23/h27,30-33,36,42-45,47-48H,2,8,26,28-29,34-35,37-41,46H2,1,3-7,9-25H3/b33-31-,36-30+,50-42+,53-43+,54-32+,60-51-. The van der Waals surface area contributed by atoms with Crippen LogP contribution in [0.2, 0.25) is 0 Å². The Morgan fingerprint density at radius 1 is 0.878 bits per heavy atom. The molecule has 0 saturated carbocycles. The minimum Gasteiger partial charge on any atom is -0.337 e. The Balaban J connectivity index is 2.05. The summed E-state index contributed by atoms with van der Waals surface area (Å²) in [6.45, 7) is 65.2. The monoisotopic (exact) mass is 1020 g/mol. The lowest BCUT2D eigenvalue weighted by Crippen LogP contribution is -2.51. The summed E-state index contributed by atoms with van der Waals surface area (Å²) in [4.78, 5) is 5.38. The third kappa shape index (κ3) is 13.9. The average molecular weight is 1020 g/mol. The lowest BCUT2D eigenvalue weighted by molar-refractivity contribution is 0.328. The molecule has 4 heteroatoms. The first-order chi connectivity index (χ1) is 34.1. The molecule has 2 aromatic rings. The zero-order valence-corrected chi connectivity index (χ0v) is 52.8. The van der Waals surface area contributed by atoms with Gasteiger partial charge in [0.15, 0.2) is 0 Å². The largest absolute Gasteiger partial charge is 0.337 e. The van der Waals surface area contributed by atoms with E-state index >= 15 is 0 Å². The predicted molar refractivity (Wildman–Crippen MR) is 336 cm³/mol. The van der Waals surface area contributed by atoms with E-state index in [4.69, 9.17) is 0 Å². The molecule has 1 aromatic carbocycles. The van der Waals surface area contributed by atoms with Gasteiger partial charge in [-0.05, 0) is 181 Å². The van der Waals surface area contributed by atoms with E-state index in [2.05, 4.69) is 254 Å². The van der Waals surface area contributed by atoms with Crippen LogP contribution in [0.4, 0.5) is 5.69 Å². The molecule has 5 rings (SSSR count). The maximum Gasteiger partial charge on any atom is 0.259 e. The minimum atomic E-state index is -0.0398. The van der Waals surface area contributed by atoms with Crippen LogP contribution in [0.5, 0.6) is 0 Å². The van der Waals surface area contributed by atoms with Crippen molar-refractivity contribution >= 4 is 38.6 Å². The van der Waals surface area contributed by atoms with Crippen LogP contribution in [0.25, 0.3) is 10.1 Å². The number of benzene rings is 1. The SMILES string of the molecule is C=C/C(=C\C=C\C(C)(C)CCC(C)C)N1CC2=C(/C=C(\C)C(C)(C)C)N(C(/C=C(\CC(C)C)C(C)(C)CC)=C(/C)C(=C)C)C(C)=C(/C=C\CC(C)(C)CCCC)B2c2sc3cc4c(cc3c21)C(C)(C)CCC4(C)C. The fourth-order valence-electron chi connectivity index (χ4n) is 11.3. The van der Waals surface area contributed by atoms with Gasteiger partial charge in [0.2, 0.25) is 0 Å². The molecule has 0 amide bonds. The van der Waals surface area contributed by atoms with Gasteiger partial charge in [0.1, 0.15) is 0 Å². The molecule has 74 heavy (non-hydrogen) atoms. The van der Waals surface area contributed by atoms with Crippen LogP contribution >= 0.6 is 11.3 Å². The Kier molecular flexibility index (Phi) is 19.4. The van der Waals surface area contributed by atoms with Crippen LogP contribution in [0.1, 0.15) is 235 Å². The third-order valence-electron chi connectivity index (χ3n) is 17.9. The molecule has 1 aliphatic carbocycles. The lowest BCUT2D eigenvalue weighted by atomic mass is 9.35. The van der Waals surface area contributed by atoms with Crippen molar-refractivity contribution in [2.45, 2.75) is 234 Å². The van der Waals surface area contributed by atoms with Gasteiger partial charge in [-0.3, -0.25) is 0 Å². The summed E-state index contributed by atoms with van der Waals surface area (Å²) in [5.41, 5.74) is 17.9. The number of nitrogens with zero attached hydrogens (tertiary/aromatic N) is 2. The summed E-state index contributed by atoms with van der Waals surface area (Å²) in [5, 5.41) is 1.39. The van der Waals surface area contributed by atoms with Crippen molar-refractivity contribution in [2.24, 2.45) is 33.5 Å². The highest BCUT2D eigenvalue weighted by Gasteiger charge is 2.46. The second kappa shape index (κ2) is 23.5. The normalized spacial score (nSPS) is 18.7. The van der Waals surface area contributed by atoms with Crippen molar-refractivity contribution in [3.05, 3.63) is 141 Å². The fourth-order valence-corrected chi connectivity index (χ4v) is 12.7. The molecule has 3 heterocycles. The first-order valence-corrected chi connectivity index (χ1v) is 30.0. The van der Waals surface area contributed by atoms with E-state index in [-0.39, 0.29) is 39.2 Å². The second-order valence-electron chi connectivity index (χ2n) is 28.6. The van der Waals surface area contributed by atoms with Crippen LogP contribution in [-0.2, 0) is 10.8 Å². The molecule has 3 aliphatic rings. The summed E-state index contributed by atoms with van der Waals surface area (Å²) in [7, 11) is 0. The van der Waals surface area contributed by atoms with E-state index < -0.39 is 0 Å². The number of anilines is 1. The van der Waals surface area contributed by atoms with Crippen molar-refractivity contribution in [2.75, 3.05) is 11.4 Å². The zero-order valence-electron chi connectivity index (χ0n) is 52.0. The number of hydrogen-bond acceptors (Lipinski definition) is 3. The number of rotatable bonds is 21. The van der Waals surface area contributed by atoms with Gasteiger partial charge in [0.25, 0.3) is 6.71 Å². The number of unbranched alkanes of at least 4 members (excludes halogenated alkanes) is 1. The van der Waals surface area contributed by atoms with Gasteiger partial charge in [-0.2, -0.15) is 0 Å². The Morgan fingerprint density at radius 3 is 2.04 bits per heavy atom. The molecule has 0 bridgehead atoms. The van der Waals surface area contributed by atoms with Gasteiger partial charge >= 0.3 is 0 Å². The van der Waals surface area contributed by atoms with Gasteiger partial charge in [0.05, 0.1) is 5.69 Å². The van der Waals surface area contributed by atoms with Crippen molar-refractivity contribution < 1.29 is 0 Å². The summed E-state index contributed by atoms with van der Waals surface area (Å²) in [5.74, 6) is 1.20. The molecule has 2 aliphatic heterocycles. The Labute approximate surface area is 461 Å². The fraction of sp³-hybridized carbons (Fsp3) is 0.600. The second-order valence-corrected chi connectivity index (χ2v) is 29.7. The van der Waals surface area contributed by atoms with Crippen LogP contribution in [0.15, 0.2) is 130 Å². The van der Waals surface area contributed by atoms with Crippen LogP contribution in [0.3, 0.4) is 0 Å². The van der Waals surface area contributed by atoms with Gasteiger partial charge in [-0.1, -0.05) is 205 Å². The van der Waals surface area contributed by atoms with E-state index in [9.17, 15) is 0 Å². The van der Waals surface area contributed by atoms with E-state index in [0.29, 0.717) is 11.8 Å². The van der Waals surface area contributed by atoms with Gasteiger partial charge in [-0.15, -0.1) is 11.3 Å². The molecule has 0 unspecified atom stereocenters. The predicted octanol–water partition coefficient (Wildman–Crippen LogP) is 21.2. The molecule has 406 valence electrons. The Hall–Kier alpha value is -3.76. The van der Waals surface area contributed by atoms with Gasteiger partial charge < -0.3 is 9.80 Å². The van der Waals surface area contributed by atoms with E-state index in [1.54, 1.807) is 0 Å². The van der Waals surface area contributed by atoms with Crippen LogP contribution < -0.4 is 9.68 Å². The third-order valence-corrected chi connectivity index (χ3v) is 19.1. The Morgan fingerprint density at radius 2 is 1.50 bits per heavy atom. The van der Waals surface area contributed by atoms with E-state index in [1.807, 2.05) is 0 Å². The van der Waals surface area contributed by atoms with Crippen molar-refractivity contribution in [1.29, 1.82) is 0 Å². The van der Waals surface area contributed by atoms with Crippen molar-refractivity contribution in [3.63, 3.8) is 0 Å². The van der Waals surface area contributed by atoms with Crippen molar-refractivity contribution in [1.82, 2.24) is 4.90 Å². The first-order valence-electron chi connectivity index (χ1n) is 29.2. The molecule has 1 aromatic heterocycles. The number of hydrogen-bond donors (Lipinski definition) is 0. The molecule has 0 atom stereocenters. The molecular weight excluding hydrogens is 912 g/mol. The Bertz CT molecular complexity index is 2650. The summed E-state index contributed by atoms with van der Waals surface area (Å²) in [6, 6.07) is 5.27. The lowest BCUT2D eigenvalue weighted by Gasteiger charge is -2.45. The highest BCUT2D eigenvalue weighted by Crippen LogP contribution is 2.52. The van der Waals surface area contributed by atoms with Gasteiger partial charge in [-0.25, -0.2) is 0 Å². The summed E-state index contributed by atoms with van der Waals surface area (Å²) in [6.07, 6.45) is 31.2. The molecule has 0 N–H and O–H groups in total. The topological polar surface area (TPSA) is 6.48 Å². The number of thiophene rings is 1. The molecule has 0 saturated heterocycles. The molecule has 2 nitrogen and oxygen atoms in total. The quantitative estimate of drug-likeness (QED) is 0.0908. The minimum absolute atomic E-state index is 0.0224. The average Bonchev–Trinajstić information content (AvgIpc) is 3.68. The highest BCUT2D eigenvalue weighted by atomic mass is 32.1. The van der Waals surface area contributed by atoms with Gasteiger partial charge in [0, 0.05) is 44.2 Å². The van der Waals surface area contributed by atoms with Crippen LogP contribution in [0, 0.1) is 33.5 Å². The molecule has 0 spiro atoms. The van der Waals surface area contributed by atoms with E-state index in [1.165, 1.54) is 115 Å². The zero-order chi connectivity index (χ0) is 55.7. The molecular formula is C70H107BN2S. The highest BCUT2D eigenvalue weighted by molar-refractivity contribution is 7.31.